The molecule has 0 amide bonds. The summed E-state index contributed by atoms with van der Waals surface area (Å²) < 4.78 is 7.21. The van der Waals surface area contributed by atoms with Crippen LogP contribution in [0.5, 0.6) is 5.75 Å². The van der Waals surface area contributed by atoms with E-state index in [2.05, 4.69) is 43.1 Å². The van der Waals surface area contributed by atoms with Crippen LogP contribution in [0.25, 0.3) is 21.3 Å². The van der Waals surface area contributed by atoms with Crippen LogP contribution >= 0.6 is 11.3 Å². The van der Waals surface area contributed by atoms with Crippen molar-refractivity contribution in [1.29, 1.82) is 0 Å². The lowest BCUT2D eigenvalue weighted by atomic mass is 10.0. The number of benzene rings is 2. The Morgan fingerprint density at radius 3 is 2.45 bits per heavy atom. The summed E-state index contributed by atoms with van der Waals surface area (Å²) in [6.45, 7) is 7.46. The molecular weight excluding hydrogens is 380 g/mol. The minimum Gasteiger partial charge on any atom is -0.494 e. The summed E-state index contributed by atoms with van der Waals surface area (Å²) in [6, 6.07) is 16.3. The highest BCUT2D eigenvalue weighted by atomic mass is 32.1. The van der Waals surface area contributed by atoms with E-state index in [9.17, 15) is 4.79 Å². The van der Waals surface area contributed by atoms with Gasteiger partial charge in [0.2, 0.25) is 0 Å². The monoisotopic (exact) mass is 404 g/mol. The first kappa shape index (κ1) is 19.4. The number of hydrogen-bond donors (Lipinski definition) is 0. The predicted molar refractivity (Wildman–Crippen MR) is 120 cm³/mol. The van der Waals surface area contributed by atoms with Crippen molar-refractivity contribution in [2.45, 2.75) is 33.2 Å². The molecule has 148 valence electrons. The number of rotatable bonds is 6. The lowest BCUT2D eigenvalue weighted by Crippen LogP contribution is -2.21. The summed E-state index contributed by atoms with van der Waals surface area (Å²) in [5.74, 6) is 1.32. The fraction of sp³-hybridized carbons (Fsp3) is 0.250. The van der Waals surface area contributed by atoms with Crippen molar-refractivity contribution in [3.05, 3.63) is 81.7 Å². The van der Waals surface area contributed by atoms with E-state index < -0.39 is 0 Å². The number of hydrogen-bond acceptors (Lipinski definition) is 4. The van der Waals surface area contributed by atoms with Gasteiger partial charge < -0.3 is 4.74 Å². The van der Waals surface area contributed by atoms with Gasteiger partial charge in [0, 0.05) is 10.9 Å². The Morgan fingerprint density at radius 2 is 1.79 bits per heavy atom. The van der Waals surface area contributed by atoms with E-state index in [0.717, 1.165) is 27.3 Å². The quantitative estimate of drug-likeness (QED) is 0.414. The van der Waals surface area contributed by atoms with Crippen molar-refractivity contribution in [2.75, 3.05) is 6.61 Å². The van der Waals surface area contributed by atoms with Crippen LogP contribution in [-0.2, 0) is 6.54 Å². The first-order valence-corrected chi connectivity index (χ1v) is 10.7. The maximum Gasteiger partial charge on any atom is 0.263 e. The number of thiophene rings is 1. The van der Waals surface area contributed by atoms with Gasteiger partial charge in [0.15, 0.2) is 0 Å². The van der Waals surface area contributed by atoms with Gasteiger partial charge in [-0.15, -0.1) is 11.3 Å². The summed E-state index contributed by atoms with van der Waals surface area (Å²) >= 11 is 1.50. The van der Waals surface area contributed by atoms with Crippen LogP contribution in [0.3, 0.4) is 0 Å². The van der Waals surface area contributed by atoms with Gasteiger partial charge in [-0.25, -0.2) is 4.98 Å². The fourth-order valence-electron chi connectivity index (χ4n) is 3.39. The molecule has 0 saturated heterocycles. The second-order valence-corrected chi connectivity index (χ2v) is 8.22. The smallest absolute Gasteiger partial charge is 0.263 e. The molecule has 0 aliphatic rings. The standard InChI is InChI=1S/C24H24N2O2S/c1-4-28-20-11-9-19(10-12-20)21-14-29-23-22(21)24(27)26(15-25-23)13-17-5-7-18(8-6-17)16(2)3/h5-12,14-16H,4,13H2,1-3H3. The first-order chi connectivity index (χ1) is 14.1. The Hall–Kier alpha value is -2.92. The Labute approximate surface area is 174 Å². The molecule has 4 nitrogen and oxygen atoms in total. The molecule has 0 N–H and O–H groups in total. The van der Waals surface area contributed by atoms with Gasteiger partial charge in [-0.3, -0.25) is 9.36 Å². The Bertz CT molecular complexity index is 1170. The van der Waals surface area contributed by atoms with E-state index >= 15 is 0 Å². The van der Waals surface area contributed by atoms with Crippen LogP contribution in [0.4, 0.5) is 0 Å². The molecule has 2 heterocycles. The second-order valence-electron chi connectivity index (χ2n) is 7.36. The van der Waals surface area contributed by atoms with Gasteiger partial charge in [-0.2, -0.15) is 0 Å². The topological polar surface area (TPSA) is 44.1 Å². The Kier molecular flexibility index (Phi) is 5.49. The van der Waals surface area contributed by atoms with Crippen LogP contribution in [-0.4, -0.2) is 16.2 Å². The lowest BCUT2D eigenvalue weighted by Gasteiger charge is -2.09. The van der Waals surface area contributed by atoms with E-state index in [1.54, 1.807) is 10.9 Å². The lowest BCUT2D eigenvalue weighted by molar-refractivity contribution is 0.340. The van der Waals surface area contributed by atoms with Crippen molar-refractivity contribution in [3.8, 4) is 16.9 Å². The average Bonchev–Trinajstić information content (AvgIpc) is 3.16. The minimum atomic E-state index is -0.00642. The summed E-state index contributed by atoms with van der Waals surface area (Å²) in [7, 11) is 0. The zero-order chi connectivity index (χ0) is 20.4. The molecule has 0 saturated carbocycles. The zero-order valence-corrected chi connectivity index (χ0v) is 17.7. The zero-order valence-electron chi connectivity index (χ0n) is 16.9. The molecule has 0 aliphatic carbocycles. The minimum absolute atomic E-state index is 0.00642. The van der Waals surface area contributed by atoms with E-state index in [-0.39, 0.29) is 5.56 Å². The van der Waals surface area contributed by atoms with Crippen molar-refractivity contribution in [1.82, 2.24) is 9.55 Å². The highest BCUT2D eigenvalue weighted by Crippen LogP contribution is 2.31. The third-order valence-corrected chi connectivity index (χ3v) is 5.92. The van der Waals surface area contributed by atoms with E-state index in [1.807, 2.05) is 36.6 Å². The molecule has 29 heavy (non-hydrogen) atoms. The van der Waals surface area contributed by atoms with Crippen molar-refractivity contribution in [3.63, 3.8) is 0 Å². The summed E-state index contributed by atoms with van der Waals surface area (Å²) in [5.41, 5.74) is 4.31. The molecule has 0 spiro atoms. The third kappa shape index (κ3) is 3.96. The number of ether oxygens (including phenoxy) is 1. The molecule has 2 aromatic carbocycles. The molecular formula is C24H24N2O2S. The van der Waals surface area contributed by atoms with E-state index in [1.165, 1.54) is 16.9 Å². The molecule has 4 rings (SSSR count). The third-order valence-electron chi connectivity index (χ3n) is 5.04. The fourth-order valence-corrected chi connectivity index (χ4v) is 4.30. The van der Waals surface area contributed by atoms with Gasteiger partial charge >= 0.3 is 0 Å². The summed E-state index contributed by atoms with van der Waals surface area (Å²) in [6.07, 6.45) is 1.65. The van der Waals surface area contributed by atoms with Gasteiger partial charge in [0.1, 0.15) is 10.6 Å². The molecule has 0 radical (unpaired) electrons. The van der Waals surface area contributed by atoms with Crippen molar-refractivity contribution >= 4 is 21.6 Å². The highest BCUT2D eigenvalue weighted by Gasteiger charge is 2.14. The molecule has 2 aromatic heterocycles. The summed E-state index contributed by atoms with van der Waals surface area (Å²) in [4.78, 5) is 18.5. The summed E-state index contributed by atoms with van der Waals surface area (Å²) in [5, 5.41) is 2.69. The molecule has 4 aromatic rings. The molecule has 5 heteroatoms. The molecule has 0 fully saturated rings. The Balaban J connectivity index is 1.69. The van der Waals surface area contributed by atoms with E-state index in [4.69, 9.17) is 4.74 Å². The van der Waals surface area contributed by atoms with Crippen LogP contribution in [0, 0.1) is 0 Å². The molecule has 0 aliphatic heterocycles. The van der Waals surface area contributed by atoms with Crippen molar-refractivity contribution < 1.29 is 4.74 Å². The van der Waals surface area contributed by atoms with Crippen molar-refractivity contribution in [2.24, 2.45) is 0 Å². The van der Waals surface area contributed by atoms with Gasteiger partial charge in [0.05, 0.1) is 24.9 Å². The average molecular weight is 405 g/mol. The number of fused-ring (bicyclic) bond motifs is 1. The van der Waals surface area contributed by atoms with Crippen LogP contribution in [0.1, 0.15) is 37.8 Å². The molecule has 0 bridgehead atoms. The van der Waals surface area contributed by atoms with Crippen LogP contribution in [0.15, 0.2) is 65.0 Å². The largest absolute Gasteiger partial charge is 0.494 e. The number of nitrogens with zero attached hydrogens (tertiary/aromatic N) is 2. The predicted octanol–water partition coefficient (Wildman–Crippen LogP) is 5.70. The van der Waals surface area contributed by atoms with E-state index in [0.29, 0.717) is 24.5 Å². The Morgan fingerprint density at radius 1 is 1.07 bits per heavy atom. The first-order valence-electron chi connectivity index (χ1n) is 9.85. The molecule has 0 unspecified atom stereocenters. The maximum atomic E-state index is 13.2. The van der Waals surface area contributed by atoms with Gasteiger partial charge in [-0.05, 0) is 41.7 Å². The second kappa shape index (κ2) is 8.21. The van der Waals surface area contributed by atoms with Gasteiger partial charge in [-0.1, -0.05) is 50.2 Å². The maximum absolute atomic E-state index is 13.2. The normalized spacial score (nSPS) is 11.3. The van der Waals surface area contributed by atoms with Crippen LogP contribution in [0.2, 0.25) is 0 Å². The molecule has 0 atom stereocenters. The SMILES string of the molecule is CCOc1ccc(-c2csc3ncn(Cc4ccc(C(C)C)cc4)c(=O)c23)cc1. The highest BCUT2D eigenvalue weighted by molar-refractivity contribution is 7.17. The van der Waals surface area contributed by atoms with Crippen LogP contribution < -0.4 is 10.3 Å². The number of aromatic nitrogens is 2. The van der Waals surface area contributed by atoms with Gasteiger partial charge in [0.25, 0.3) is 5.56 Å².